The van der Waals surface area contributed by atoms with E-state index in [0.29, 0.717) is 42.1 Å². The smallest absolute Gasteiger partial charge is 0.407 e. The van der Waals surface area contributed by atoms with Gasteiger partial charge in [-0.05, 0) is 123 Å². The van der Waals surface area contributed by atoms with Crippen LogP contribution in [-0.2, 0) is 9.53 Å². The fourth-order valence-corrected chi connectivity index (χ4v) is 12.3. The number of hydrogen-bond acceptors (Lipinski definition) is 3. The van der Waals surface area contributed by atoms with Crippen LogP contribution in [0.2, 0.25) is 0 Å². The predicted octanol–water partition coefficient (Wildman–Crippen LogP) is 7.92. The Kier molecular flexibility index (Phi) is 6.79. The highest BCUT2D eigenvalue weighted by atomic mass is 16.6. The lowest BCUT2D eigenvalue weighted by molar-refractivity contribution is -0.249. The SMILES string of the molecule is CCNC(=O)O[C@@H]1CC[C@]2(C)[C@H]3CC[C@@H]4[C@H]5[C@H](C(C)C)CC[C@]5(C(=O)O)CC[C@@]4(C)[C@]3(C)CC[C@H]2C1(C)C. The molecule has 5 saturated carbocycles. The van der Waals surface area contributed by atoms with Gasteiger partial charge in [-0.1, -0.05) is 48.5 Å². The second-order valence-corrected chi connectivity index (χ2v) is 15.9. The summed E-state index contributed by atoms with van der Waals surface area (Å²) in [5.41, 5.74) is 0.0685. The summed E-state index contributed by atoms with van der Waals surface area (Å²) in [5.74, 6) is 2.55. The summed E-state index contributed by atoms with van der Waals surface area (Å²) in [7, 11) is 0. The average Bonchev–Trinajstić information content (AvgIpc) is 3.23. The molecule has 0 aromatic rings. The first-order valence-corrected chi connectivity index (χ1v) is 15.9. The third-order valence-electron chi connectivity index (χ3n) is 14.3. The van der Waals surface area contributed by atoms with Crippen LogP contribution in [0.5, 0.6) is 0 Å². The summed E-state index contributed by atoms with van der Waals surface area (Å²) in [6.45, 7) is 19.7. The van der Waals surface area contributed by atoms with Crippen molar-refractivity contribution in [2.75, 3.05) is 6.54 Å². The Morgan fingerprint density at radius 3 is 2.21 bits per heavy atom. The number of aliphatic carboxylic acids is 1. The van der Waals surface area contributed by atoms with Crippen molar-refractivity contribution in [2.45, 2.75) is 126 Å². The molecule has 0 aromatic carbocycles. The van der Waals surface area contributed by atoms with Gasteiger partial charge in [-0.2, -0.15) is 0 Å². The fourth-order valence-electron chi connectivity index (χ4n) is 12.3. The van der Waals surface area contributed by atoms with Gasteiger partial charge in [-0.3, -0.25) is 4.79 Å². The van der Waals surface area contributed by atoms with Gasteiger partial charge >= 0.3 is 12.1 Å². The van der Waals surface area contributed by atoms with E-state index in [0.717, 1.165) is 38.5 Å². The molecule has 0 heterocycles. The van der Waals surface area contributed by atoms with Gasteiger partial charge in [-0.15, -0.1) is 0 Å². The number of nitrogens with one attached hydrogen (secondary N) is 1. The Hall–Kier alpha value is -1.26. The molecule has 5 aliphatic carbocycles. The zero-order valence-corrected chi connectivity index (χ0v) is 25.5. The number of carboxylic acid groups (broad SMARTS) is 1. The van der Waals surface area contributed by atoms with E-state index in [1.807, 2.05) is 6.92 Å². The summed E-state index contributed by atoms with van der Waals surface area (Å²) < 4.78 is 6.02. The van der Waals surface area contributed by atoms with E-state index in [-0.39, 0.29) is 33.9 Å². The number of carbonyl (C=O) groups is 2. The first-order chi connectivity index (χ1) is 17.7. The molecule has 0 bridgehead atoms. The minimum Gasteiger partial charge on any atom is -0.481 e. The van der Waals surface area contributed by atoms with Gasteiger partial charge in [0, 0.05) is 12.0 Å². The summed E-state index contributed by atoms with van der Waals surface area (Å²) in [4.78, 5) is 25.3. The molecule has 5 fully saturated rings. The molecular weight excluding hydrogens is 474 g/mol. The number of carbonyl (C=O) groups excluding carboxylic acids is 1. The molecule has 10 atom stereocenters. The van der Waals surface area contributed by atoms with Gasteiger partial charge in [0.2, 0.25) is 0 Å². The second kappa shape index (κ2) is 9.13. The summed E-state index contributed by atoms with van der Waals surface area (Å²) in [6.07, 6.45) is 10.4. The number of amides is 1. The van der Waals surface area contributed by atoms with E-state index < -0.39 is 11.4 Å². The molecule has 0 spiro atoms. The molecular formula is C33H55NO4. The van der Waals surface area contributed by atoms with E-state index >= 15 is 0 Å². The van der Waals surface area contributed by atoms with Gasteiger partial charge < -0.3 is 15.2 Å². The average molecular weight is 530 g/mol. The van der Waals surface area contributed by atoms with Gasteiger partial charge in [0.25, 0.3) is 0 Å². The van der Waals surface area contributed by atoms with Crippen LogP contribution in [0.1, 0.15) is 120 Å². The molecule has 5 heteroatoms. The lowest BCUT2D eigenvalue weighted by Crippen LogP contribution is -2.67. The monoisotopic (exact) mass is 529 g/mol. The topological polar surface area (TPSA) is 75.6 Å². The third kappa shape index (κ3) is 3.60. The number of rotatable bonds is 4. The molecule has 5 aliphatic rings. The van der Waals surface area contributed by atoms with Crippen LogP contribution in [-0.4, -0.2) is 29.8 Å². The van der Waals surface area contributed by atoms with E-state index in [2.05, 4.69) is 53.8 Å². The molecule has 2 N–H and O–H groups in total. The van der Waals surface area contributed by atoms with Crippen molar-refractivity contribution in [3.8, 4) is 0 Å². The first kappa shape index (κ1) is 28.3. The minimum absolute atomic E-state index is 0.0421. The number of ether oxygens (including phenoxy) is 1. The summed E-state index contributed by atoms with van der Waals surface area (Å²) in [5, 5.41) is 13.4. The molecule has 5 nitrogen and oxygen atoms in total. The quantitative estimate of drug-likeness (QED) is 0.388. The fraction of sp³-hybridized carbons (Fsp3) is 0.939. The normalized spacial score (nSPS) is 49.3. The number of fused-ring (bicyclic) bond motifs is 7. The van der Waals surface area contributed by atoms with Crippen molar-refractivity contribution in [1.82, 2.24) is 5.32 Å². The first-order valence-electron chi connectivity index (χ1n) is 15.9. The summed E-state index contributed by atoms with van der Waals surface area (Å²) >= 11 is 0. The van der Waals surface area contributed by atoms with E-state index in [1.165, 1.54) is 25.7 Å². The highest BCUT2D eigenvalue weighted by molar-refractivity contribution is 5.76. The van der Waals surface area contributed by atoms with Crippen LogP contribution in [0.25, 0.3) is 0 Å². The van der Waals surface area contributed by atoms with Crippen LogP contribution in [0.3, 0.4) is 0 Å². The van der Waals surface area contributed by atoms with E-state index in [4.69, 9.17) is 4.74 Å². The van der Waals surface area contributed by atoms with Gasteiger partial charge in [0.1, 0.15) is 6.10 Å². The molecule has 0 unspecified atom stereocenters. The minimum atomic E-state index is -0.511. The zero-order chi connectivity index (χ0) is 27.9. The lowest BCUT2D eigenvalue weighted by atomic mass is 9.32. The molecule has 0 aromatic heterocycles. The Labute approximate surface area is 231 Å². The van der Waals surface area contributed by atoms with Crippen LogP contribution < -0.4 is 5.32 Å². The van der Waals surface area contributed by atoms with Crippen LogP contribution in [0, 0.1) is 62.6 Å². The van der Waals surface area contributed by atoms with E-state index in [9.17, 15) is 14.7 Å². The molecule has 0 aliphatic heterocycles. The molecule has 216 valence electrons. The maximum Gasteiger partial charge on any atom is 0.407 e. The van der Waals surface area contributed by atoms with Gasteiger partial charge in [0.15, 0.2) is 0 Å². The molecule has 0 saturated heterocycles. The van der Waals surface area contributed by atoms with E-state index in [1.54, 1.807) is 0 Å². The van der Waals surface area contributed by atoms with Crippen molar-refractivity contribution >= 4 is 12.1 Å². The molecule has 0 radical (unpaired) electrons. The maximum absolute atomic E-state index is 12.9. The third-order valence-corrected chi connectivity index (χ3v) is 14.3. The van der Waals surface area contributed by atoms with Crippen LogP contribution in [0.15, 0.2) is 0 Å². The Morgan fingerprint density at radius 1 is 0.868 bits per heavy atom. The number of hydrogen-bond donors (Lipinski definition) is 2. The largest absolute Gasteiger partial charge is 0.481 e. The van der Waals surface area contributed by atoms with Gasteiger partial charge in [-0.25, -0.2) is 4.79 Å². The second-order valence-electron chi connectivity index (χ2n) is 15.9. The van der Waals surface area contributed by atoms with Crippen LogP contribution in [0.4, 0.5) is 4.79 Å². The lowest BCUT2D eigenvalue weighted by Gasteiger charge is -2.72. The molecule has 5 rings (SSSR count). The predicted molar refractivity (Wildman–Crippen MR) is 151 cm³/mol. The van der Waals surface area contributed by atoms with Crippen molar-refractivity contribution in [3.05, 3.63) is 0 Å². The van der Waals surface area contributed by atoms with Crippen molar-refractivity contribution in [3.63, 3.8) is 0 Å². The van der Waals surface area contributed by atoms with Crippen LogP contribution >= 0.6 is 0 Å². The standard InChI is InChI=1S/C33H55NO4/c1-9-34-28(37)38-25-14-15-30(6)23(29(25,4)5)13-16-32(8)24(30)11-10-22-26-21(20(2)3)12-17-33(26,27(35)36)19-18-31(22,32)7/h20-26H,9-19H2,1-8H3,(H,34,37)(H,35,36)/t21-,22+,23-,24+,25+,26+,30-,31+,32+,33-/m0/s1. The molecule has 38 heavy (non-hydrogen) atoms. The van der Waals surface area contributed by atoms with Gasteiger partial charge in [0.05, 0.1) is 5.41 Å². The Balaban J connectivity index is 1.47. The zero-order valence-electron chi connectivity index (χ0n) is 25.5. The Morgan fingerprint density at radius 2 is 1.58 bits per heavy atom. The maximum atomic E-state index is 12.9. The summed E-state index contributed by atoms with van der Waals surface area (Å²) in [6, 6.07) is 0. The number of carboxylic acids is 1. The number of alkyl carbamates (subject to hydrolysis) is 1. The molecule has 1 amide bonds. The Bertz CT molecular complexity index is 961. The highest BCUT2D eigenvalue weighted by Crippen LogP contribution is 2.77. The highest BCUT2D eigenvalue weighted by Gasteiger charge is 2.72. The van der Waals surface area contributed by atoms with Crippen molar-refractivity contribution in [1.29, 1.82) is 0 Å². The van der Waals surface area contributed by atoms with Crippen molar-refractivity contribution < 1.29 is 19.4 Å². The van der Waals surface area contributed by atoms with Crippen molar-refractivity contribution in [2.24, 2.45) is 62.6 Å².